The van der Waals surface area contributed by atoms with Crippen LogP contribution in [0, 0.1) is 0 Å². The van der Waals surface area contributed by atoms with E-state index in [0.29, 0.717) is 6.54 Å². The predicted molar refractivity (Wildman–Crippen MR) is 93.8 cm³/mol. The van der Waals surface area contributed by atoms with Crippen molar-refractivity contribution in [2.75, 3.05) is 18.0 Å². The smallest absolute Gasteiger partial charge is 0.240 e. The van der Waals surface area contributed by atoms with Gasteiger partial charge in [-0.05, 0) is 38.8 Å². The first kappa shape index (κ1) is 16.6. The molecular formula is C18H25N5O. The summed E-state index contributed by atoms with van der Waals surface area (Å²) >= 11 is 0. The quantitative estimate of drug-likeness (QED) is 0.884. The molecule has 24 heavy (non-hydrogen) atoms. The molecule has 1 atom stereocenters. The van der Waals surface area contributed by atoms with E-state index >= 15 is 0 Å². The first-order valence-corrected chi connectivity index (χ1v) is 8.71. The number of aryl methyl sites for hydroxylation is 1. The number of nitrogens with zero attached hydrogens (tertiary/aromatic N) is 4. The Labute approximate surface area is 142 Å². The van der Waals surface area contributed by atoms with Crippen LogP contribution in [0.2, 0.25) is 0 Å². The van der Waals surface area contributed by atoms with E-state index in [1.807, 2.05) is 44.2 Å². The lowest BCUT2D eigenvalue weighted by Gasteiger charge is -2.23. The van der Waals surface area contributed by atoms with Crippen LogP contribution in [-0.4, -0.2) is 33.8 Å². The maximum Gasteiger partial charge on any atom is 0.240 e. The zero-order valence-electron chi connectivity index (χ0n) is 14.4. The molecule has 0 radical (unpaired) electrons. The summed E-state index contributed by atoms with van der Waals surface area (Å²) in [7, 11) is 0. The van der Waals surface area contributed by atoms with Crippen LogP contribution in [0.15, 0.2) is 30.3 Å². The van der Waals surface area contributed by atoms with Crippen molar-refractivity contribution in [3.8, 4) is 0 Å². The van der Waals surface area contributed by atoms with Gasteiger partial charge >= 0.3 is 0 Å². The van der Waals surface area contributed by atoms with Gasteiger partial charge in [-0.2, -0.15) is 0 Å². The fourth-order valence-corrected chi connectivity index (χ4v) is 3.19. The van der Waals surface area contributed by atoms with Crippen molar-refractivity contribution < 1.29 is 4.79 Å². The molecule has 6 nitrogen and oxygen atoms in total. The molecule has 2 aromatic rings. The molecule has 0 saturated heterocycles. The Bertz CT molecular complexity index is 682. The largest absolute Gasteiger partial charge is 0.314 e. The second-order valence-corrected chi connectivity index (χ2v) is 6.16. The van der Waals surface area contributed by atoms with E-state index in [0.717, 1.165) is 30.3 Å². The molecule has 1 N–H and O–H groups in total. The molecule has 0 unspecified atom stereocenters. The summed E-state index contributed by atoms with van der Waals surface area (Å²) in [6.45, 7) is 5.94. The van der Waals surface area contributed by atoms with Crippen molar-refractivity contribution in [1.29, 1.82) is 0 Å². The Hall–Kier alpha value is -2.21. The van der Waals surface area contributed by atoms with Gasteiger partial charge < -0.3 is 9.47 Å². The third-order valence-electron chi connectivity index (χ3n) is 4.52. The topological polar surface area (TPSA) is 63.1 Å². The van der Waals surface area contributed by atoms with E-state index in [2.05, 4.69) is 20.1 Å². The van der Waals surface area contributed by atoms with Gasteiger partial charge in [-0.3, -0.25) is 10.1 Å². The van der Waals surface area contributed by atoms with Crippen molar-refractivity contribution in [3.63, 3.8) is 0 Å². The molecule has 0 bridgehead atoms. The van der Waals surface area contributed by atoms with Gasteiger partial charge in [0.15, 0.2) is 0 Å². The number of hydrogen-bond acceptors (Lipinski definition) is 4. The standard InChI is InChI=1S/C18H25N5O/c1-3-22(15-9-5-4-6-10-15)17(24)13-19-14(2)18-21-20-16-11-7-8-12-23(16)18/h4-6,9-10,14,19H,3,7-8,11-13H2,1-2H3/t14-/m0/s1. The highest BCUT2D eigenvalue weighted by Gasteiger charge is 2.21. The number of amides is 1. The summed E-state index contributed by atoms with van der Waals surface area (Å²) in [5.74, 6) is 2.06. The molecule has 0 aliphatic carbocycles. The number of aromatic nitrogens is 3. The Morgan fingerprint density at radius 3 is 2.83 bits per heavy atom. The lowest BCUT2D eigenvalue weighted by Crippen LogP contribution is -2.39. The van der Waals surface area contributed by atoms with Crippen molar-refractivity contribution in [2.45, 2.75) is 45.7 Å². The van der Waals surface area contributed by atoms with Crippen LogP contribution in [0.25, 0.3) is 0 Å². The Morgan fingerprint density at radius 1 is 1.29 bits per heavy atom. The molecule has 128 valence electrons. The van der Waals surface area contributed by atoms with Crippen LogP contribution < -0.4 is 10.2 Å². The summed E-state index contributed by atoms with van der Waals surface area (Å²) < 4.78 is 2.19. The molecule has 0 fully saturated rings. The molecule has 1 aliphatic rings. The Morgan fingerprint density at radius 2 is 2.08 bits per heavy atom. The molecule has 1 amide bonds. The van der Waals surface area contributed by atoms with E-state index in [1.165, 1.54) is 12.8 Å². The molecule has 6 heteroatoms. The van der Waals surface area contributed by atoms with Gasteiger partial charge in [-0.15, -0.1) is 10.2 Å². The van der Waals surface area contributed by atoms with E-state index < -0.39 is 0 Å². The van der Waals surface area contributed by atoms with Gasteiger partial charge in [0, 0.05) is 25.2 Å². The number of likely N-dealkylation sites (N-methyl/N-ethyl adjacent to an activating group) is 1. The Balaban J connectivity index is 1.62. The number of carbonyl (C=O) groups excluding carboxylic acids is 1. The van der Waals surface area contributed by atoms with Crippen LogP contribution in [0.4, 0.5) is 5.69 Å². The first-order valence-electron chi connectivity index (χ1n) is 8.71. The minimum absolute atomic E-state index is 0.00257. The van der Waals surface area contributed by atoms with Crippen LogP contribution >= 0.6 is 0 Å². The average Bonchev–Trinajstić information content (AvgIpc) is 3.05. The van der Waals surface area contributed by atoms with Crippen molar-refractivity contribution in [1.82, 2.24) is 20.1 Å². The van der Waals surface area contributed by atoms with Crippen LogP contribution in [0.3, 0.4) is 0 Å². The summed E-state index contributed by atoms with van der Waals surface area (Å²) in [5.41, 5.74) is 0.930. The lowest BCUT2D eigenvalue weighted by atomic mass is 10.1. The molecule has 1 aliphatic heterocycles. The van der Waals surface area contributed by atoms with Crippen LogP contribution in [-0.2, 0) is 17.8 Å². The van der Waals surface area contributed by atoms with E-state index in [1.54, 1.807) is 4.90 Å². The molecule has 1 aromatic heterocycles. The van der Waals surface area contributed by atoms with Crippen molar-refractivity contribution in [3.05, 3.63) is 42.0 Å². The monoisotopic (exact) mass is 327 g/mol. The lowest BCUT2D eigenvalue weighted by molar-refractivity contribution is -0.117. The highest BCUT2D eigenvalue weighted by Crippen LogP contribution is 2.19. The molecule has 3 rings (SSSR count). The minimum Gasteiger partial charge on any atom is -0.314 e. The fourth-order valence-electron chi connectivity index (χ4n) is 3.19. The van der Waals surface area contributed by atoms with Crippen LogP contribution in [0.5, 0.6) is 0 Å². The minimum atomic E-state index is 0.00257. The van der Waals surface area contributed by atoms with Gasteiger partial charge in [-0.25, -0.2) is 0 Å². The highest BCUT2D eigenvalue weighted by molar-refractivity contribution is 5.94. The molecule has 0 spiro atoms. The van der Waals surface area contributed by atoms with E-state index in [9.17, 15) is 4.79 Å². The second kappa shape index (κ2) is 7.57. The number of para-hydroxylation sites is 1. The highest BCUT2D eigenvalue weighted by atomic mass is 16.2. The second-order valence-electron chi connectivity index (χ2n) is 6.16. The predicted octanol–water partition coefficient (Wildman–Crippen LogP) is 2.32. The number of anilines is 1. The van der Waals surface area contributed by atoms with Crippen molar-refractivity contribution >= 4 is 11.6 Å². The normalized spacial score (nSPS) is 14.9. The van der Waals surface area contributed by atoms with Gasteiger partial charge in [0.1, 0.15) is 11.6 Å². The molecule has 1 aromatic carbocycles. The summed E-state index contributed by atoms with van der Waals surface area (Å²) in [6, 6.07) is 9.77. The van der Waals surface area contributed by atoms with Gasteiger partial charge in [0.2, 0.25) is 5.91 Å². The Kier molecular flexibility index (Phi) is 5.25. The van der Waals surface area contributed by atoms with Gasteiger partial charge in [0.05, 0.1) is 12.6 Å². The molecular weight excluding hydrogens is 302 g/mol. The summed E-state index contributed by atoms with van der Waals surface area (Å²) in [5, 5.41) is 11.9. The number of rotatable bonds is 6. The number of benzene rings is 1. The van der Waals surface area contributed by atoms with Crippen molar-refractivity contribution in [2.24, 2.45) is 0 Å². The SMILES string of the molecule is CCN(C(=O)CN[C@@H](C)c1nnc2n1CCCC2)c1ccccc1. The van der Waals surface area contributed by atoms with Crippen LogP contribution in [0.1, 0.15) is 44.4 Å². The third-order valence-corrected chi connectivity index (χ3v) is 4.52. The summed E-state index contributed by atoms with van der Waals surface area (Å²) in [6.07, 6.45) is 3.35. The number of fused-ring (bicyclic) bond motifs is 1. The maximum absolute atomic E-state index is 12.6. The van der Waals surface area contributed by atoms with E-state index in [-0.39, 0.29) is 18.5 Å². The molecule has 2 heterocycles. The molecule has 0 saturated carbocycles. The average molecular weight is 327 g/mol. The number of hydrogen-bond donors (Lipinski definition) is 1. The summed E-state index contributed by atoms with van der Waals surface area (Å²) in [4.78, 5) is 14.3. The zero-order valence-corrected chi connectivity index (χ0v) is 14.4. The third kappa shape index (κ3) is 3.48. The maximum atomic E-state index is 12.6. The number of carbonyl (C=O) groups is 1. The zero-order chi connectivity index (χ0) is 16.9. The van der Waals surface area contributed by atoms with Gasteiger partial charge in [0.25, 0.3) is 0 Å². The fraction of sp³-hybridized carbons (Fsp3) is 0.500. The van der Waals surface area contributed by atoms with Gasteiger partial charge in [-0.1, -0.05) is 18.2 Å². The first-order chi connectivity index (χ1) is 11.7. The number of nitrogens with one attached hydrogen (secondary N) is 1. The van der Waals surface area contributed by atoms with E-state index in [4.69, 9.17) is 0 Å².